The van der Waals surface area contributed by atoms with Gasteiger partial charge in [0.25, 0.3) is 0 Å². The molecule has 0 spiro atoms. The van der Waals surface area contributed by atoms with Gasteiger partial charge >= 0.3 is 0 Å². The lowest BCUT2D eigenvalue weighted by Gasteiger charge is -2.35. The van der Waals surface area contributed by atoms with Crippen molar-refractivity contribution in [2.24, 2.45) is 0 Å². The van der Waals surface area contributed by atoms with Gasteiger partial charge in [-0.3, -0.25) is 4.90 Å². The number of morpholine rings is 1. The molecule has 1 N–H and O–H groups in total. The van der Waals surface area contributed by atoms with E-state index in [0.717, 1.165) is 32.3 Å². The van der Waals surface area contributed by atoms with Gasteiger partial charge in [0.05, 0.1) is 13.2 Å². The number of rotatable bonds is 3. The van der Waals surface area contributed by atoms with E-state index in [1.54, 1.807) is 0 Å². The summed E-state index contributed by atoms with van der Waals surface area (Å²) >= 11 is 0. The Morgan fingerprint density at radius 3 is 3.00 bits per heavy atom. The van der Waals surface area contributed by atoms with E-state index in [2.05, 4.69) is 10.2 Å². The summed E-state index contributed by atoms with van der Waals surface area (Å²) in [6.45, 7) is 4.04. The Hall–Kier alpha value is -0.120. The molecule has 2 rings (SSSR count). The van der Waals surface area contributed by atoms with Crippen LogP contribution in [0.2, 0.25) is 0 Å². The van der Waals surface area contributed by atoms with E-state index < -0.39 is 0 Å². The third kappa shape index (κ3) is 1.79. The Morgan fingerprint density at radius 2 is 2.33 bits per heavy atom. The molecule has 1 saturated heterocycles. The van der Waals surface area contributed by atoms with Crippen LogP contribution in [0.15, 0.2) is 0 Å². The average molecular weight is 170 g/mol. The summed E-state index contributed by atoms with van der Waals surface area (Å²) in [4.78, 5) is 2.61. The van der Waals surface area contributed by atoms with Gasteiger partial charge in [0, 0.05) is 25.2 Å². The fraction of sp³-hybridized carbons (Fsp3) is 1.00. The maximum atomic E-state index is 5.46. The fourth-order valence-corrected chi connectivity index (χ4v) is 1.97. The van der Waals surface area contributed by atoms with E-state index in [1.165, 1.54) is 12.8 Å². The van der Waals surface area contributed by atoms with Gasteiger partial charge in [0.15, 0.2) is 0 Å². The van der Waals surface area contributed by atoms with Crippen molar-refractivity contribution >= 4 is 0 Å². The van der Waals surface area contributed by atoms with Crippen LogP contribution in [0.3, 0.4) is 0 Å². The summed E-state index contributed by atoms with van der Waals surface area (Å²) in [6.07, 6.45) is 2.81. The molecule has 1 heterocycles. The smallest absolute Gasteiger partial charge is 0.0634 e. The van der Waals surface area contributed by atoms with Crippen LogP contribution < -0.4 is 5.32 Å². The van der Waals surface area contributed by atoms with Crippen molar-refractivity contribution in [2.75, 3.05) is 33.4 Å². The number of ether oxygens (including phenoxy) is 1. The Morgan fingerprint density at radius 1 is 1.50 bits per heavy atom. The monoisotopic (exact) mass is 170 g/mol. The van der Waals surface area contributed by atoms with Crippen molar-refractivity contribution in [1.29, 1.82) is 0 Å². The summed E-state index contributed by atoms with van der Waals surface area (Å²) in [6, 6.07) is 1.50. The van der Waals surface area contributed by atoms with Crippen LogP contribution in [0, 0.1) is 0 Å². The minimum Gasteiger partial charge on any atom is -0.378 e. The molecule has 1 aliphatic heterocycles. The standard InChI is InChI=1S/C9H18N2O/c1-10-6-9-7-12-5-4-11(9)8-2-3-8/h8-10H,2-7H2,1H3. The minimum absolute atomic E-state index is 0.622. The Labute approximate surface area is 74.1 Å². The fourth-order valence-electron chi connectivity index (χ4n) is 1.97. The average Bonchev–Trinajstić information content (AvgIpc) is 2.89. The van der Waals surface area contributed by atoms with Gasteiger partial charge in [-0.2, -0.15) is 0 Å². The van der Waals surface area contributed by atoms with Crippen molar-refractivity contribution in [3.63, 3.8) is 0 Å². The zero-order valence-corrected chi connectivity index (χ0v) is 7.75. The third-order valence-electron chi connectivity index (χ3n) is 2.73. The predicted molar refractivity (Wildman–Crippen MR) is 48.3 cm³/mol. The summed E-state index contributed by atoms with van der Waals surface area (Å²) < 4.78 is 5.46. The maximum absolute atomic E-state index is 5.46. The van der Waals surface area contributed by atoms with Crippen molar-refractivity contribution in [3.8, 4) is 0 Å². The second-order valence-electron chi connectivity index (χ2n) is 3.76. The topological polar surface area (TPSA) is 24.5 Å². The molecular formula is C9H18N2O. The molecule has 1 saturated carbocycles. The lowest BCUT2D eigenvalue weighted by Crippen LogP contribution is -2.50. The predicted octanol–water partition coefficient (Wildman–Crippen LogP) is 0.0690. The molecule has 1 unspecified atom stereocenters. The highest BCUT2D eigenvalue weighted by molar-refractivity contribution is 4.90. The molecule has 3 nitrogen and oxygen atoms in total. The Balaban J connectivity index is 1.87. The molecule has 2 aliphatic rings. The van der Waals surface area contributed by atoms with Gasteiger partial charge in [-0.15, -0.1) is 0 Å². The molecule has 0 aromatic carbocycles. The Kier molecular flexibility index (Phi) is 2.63. The number of hydrogen-bond acceptors (Lipinski definition) is 3. The van der Waals surface area contributed by atoms with Crippen LogP contribution in [-0.2, 0) is 4.74 Å². The molecular weight excluding hydrogens is 152 g/mol. The summed E-state index contributed by atoms with van der Waals surface area (Å²) in [7, 11) is 2.01. The first kappa shape index (κ1) is 8.48. The molecule has 1 atom stereocenters. The highest BCUT2D eigenvalue weighted by Crippen LogP contribution is 2.29. The highest BCUT2D eigenvalue weighted by Gasteiger charge is 2.35. The van der Waals surface area contributed by atoms with Crippen LogP contribution in [0.5, 0.6) is 0 Å². The van der Waals surface area contributed by atoms with E-state index in [-0.39, 0.29) is 0 Å². The lowest BCUT2D eigenvalue weighted by molar-refractivity contribution is -0.0104. The van der Waals surface area contributed by atoms with Crippen molar-refractivity contribution in [3.05, 3.63) is 0 Å². The maximum Gasteiger partial charge on any atom is 0.0634 e. The van der Waals surface area contributed by atoms with E-state index in [9.17, 15) is 0 Å². The molecule has 1 aliphatic carbocycles. The quantitative estimate of drug-likeness (QED) is 0.648. The number of hydrogen-bond donors (Lipinski definition) is 1. The Bertz CT molecular complexity index is 145. The summed E-state index contributed by atoms with van der Waals surface area (Å²) in [5.41, 5.74) is 0. The van der Waals surface area contributed by atoms with Gasteiger partial charge in [0.1, 0.15) is 0 Å². The molecule has 0 aromatic heterocycles. The van der Waals surface area contributed by atoms with E-state index in [4.69, 9.17) is 4.74 Å². The van der Waals surface area contributed by atoms with Crippen molar-refractivity contribution in [2.45, 2.75) is 24.9 Å². The first-order valence-electron chi connectivity index (χ1n) is 4.90. The van der Waals surface area contributed by atoms with Gasteiger partial charge in [-0.05, 0) is 19.9 Å². The second kappa shape index (κ2) is 3.73. The van der Waals surface area contributed by atoms with Crippen LogP contribution >= 0.6 is 0 Å². The van der Waals surface area contributed by atoms with Crippen LogP contribution in [0.4, 0.5) is 0 Å². The van der Waals surface area contributed by atoms with Gasteiger partial charge in [0.2, 0.25) is 0 Å². The highest BCUT2D eigenvalue weighted by atomic mass is 16.5. The number of nitrogens with zero attached hydrogens (tertiary/aromatic N) is 1. The number of likely N-dealkylation sites (N-methyl/N-ethyl adjacent to an activating group) is 1. The zero-order valence-electron chi connectivity index (χ0n) is 7.75. The van der Waals surface area contributed by atoms with Crippen LogP contribution in [0.1, 0.15) is 12.8 Å². The largest absolute Gasteiger partial charge is 0.378 e. The summed E-state index contributed by atoms with van der Waals surface area (Å²) in [5, 5.41) is 3.23. The SMILES string of the molecule is CNCC1COCCN1C1CC1. The molecule has 12 heavy (non-hydrogen) atoms. The van der Waals surface area contributed by atoms with Crippen molar-refractivity contribution in [1.82, 2.24) is 10.2 Å². The van der Waals surface area contributed by atoms with E-state index in [1.807, 2.05) is 7.05 Å². The minimum atomic E-state index is 0.622. The second-order valence-corrected chi connectivity index (χ2v) is 3.76. The first-order valence-corrected chi connectivity index (χ1v) is 4.90. The molecule has 3 heteroatoms. The van der Waals surface area contributed by atoms with Gasteiger partial charge in [-0.1, -0.05) is 0 Å². The summed E-state index contributed by atoms with van der Waals surface area (Å²) in [5.74, 6) is 0. The molecule has 0 aromatic rings. The zero-order chi connectivity index (χ0) is 8.39. The third-order valence-corrected chi connectivity index (χ3v) is 2.73. The van der Waals surface area contributed by atoms with Crippen LogP contribution in [-0.4, -0.2) is 50.3 Å². The van der Waals surface area contributed by atoms with Crippen LogP contribution in [0.25, 0.3) is 0 Å². The molecule has 0 radical (unpaired) electrons. The first-order chi connectivity index (χ1) is 5.92. The molecule has 0 bridgehead atoms. The molecule has 70 valence electrons. The van der Waals surface area contributed by atoms with E-state index in [0.29, 0.717) is 6.04 Å². The van der Waals surface area contributed by atoms with Crippen molar-refractivity contribution < 1.29 is 4.74 Å². The lowest BCUT2D eigenvalue weighted by atomic mass is 10.2. The molecule has 0 amide bonds. The van der Waals surface area contributed by atoms with Gasteiger partial charge < -0.3 is 10.1 Å². The van der Waals surface area contributed by atoms with E-state index >= 15 is 0 Å². The normalized spacial score (nSPS) is 32.2. The number of nitrogens with one attached hydrogen (secondary N) is 1. The van der Waals surface area contributed by atoms with Gasteiger partial charge in [-0.25, -0.2) is 0 Å². The molecule has 2 fully saturated rings.